The van der Waals surface area contributed by atoms with E-state index < -0.39 is 4.92 Å². The van der Waals surface area contributed by atoms with E-state index in [9.17, 15) is 14.9 Å². The zero-order valence-electron chi connectivity index (χ0n) is 14.2. The van der Waals surface area contributed by atoms with Crippen molar-refractivity contribution in [2.24, 2.45) is 7.05 Å². The minimum atomic E-state index is -0.446. The molecular weight excluding hydrogens is 336 g/mol. The van der Waals surface area contributed by atoms with Crippen LogP contribution < -0.4 is 0 Å². The molecule has 0 aliphatic rings. The molecule has 0 saturated carbocycles. The second-order valence-corrected chi connectivity index (χ2v) is 7.24. The lowest BCUT2D eigenvalue weighted by molar-refractivity contribution is -0.384. The van der Waals surface area contributed by atoms with E-state index in [0.29, 0.717) is 16.9 Å². The lowest BCUT2D eigenvalue weighted by atomic mass is 10.0. The fourth-order valence-electron chi connectivity index (χ4n) is 2.82. The molecule has 5 nitrogen and oxygen atoms in total. The summed E-state index contributed by atoms with van der Waals surface area (Å²) >= 11 is 1.49. The summed E-state index contributed by atoms with van der Waals surface area (Å²) in [5, 5.41) is 12.4. The van der Waals surface area contributed by atoms with Crippen molar-refractivity contribution in [2.45, 2.75) is 29.7 Å². The van der Waals surface area contributed by atoms with Gasteiger partial charge in [-0.3, -0.25) is 14.9 Å². The smallest absolute Gasteiger partial charge is 0.270 e. The molecule has 6 heteroatoms. The van der Waals surface area contributed by atoms with E-state index in [1.807, 2.05) is 23.7 Å². The molecule has 0 bridgehead atoms. The molecule has 1 aromatic heterocycles. The molecule has 3 rings (SSSR count). The third-order valence-electron chi connectivity index (χ3n) is 4.26. The van der Waals surface area contributed by atoms with Gasteiger partial charge in [-0.1, -0.05) is 37.7 Å². The molecule has 1 heterocycles. The van der Waals surface area contributed by atoms with E-state index in [1.54, 1.807) is 6.07 Å². The Balaban J connectivity index is 2.07. The highest BCUT2D eigenvalue weighted by molar-refractivity contribution is 7.99. The van der Waals surface area contributed by atoms with E-state index >= 15 is 0 Å². The number of carbonyl (C=O) groups is 1. The normalized spacial score (nSPS) is 11.2. The minimum absolute atomic E-state index is 0.0148. The first-order valence-corrected chi connectivity index (χ1v) is 8.74. The van der Waals surface area contributed by atoms with Gasteiger partial charge in [0.05, 0.1) is 15.5 Å². The fraction of sp³-hybridized carbons (Fsp3) is 0.211. The van der Waals surface area contributed by atoms with Crippen LogP contribution in [-0.4, -0.2) is 15.8 Å². The molecule has 0 saturated heterocycles. The van der Waals surface area contributed by atoms with Gasteiger partial charge in [-0.25, -0.2) is 0 Å². The predicted octanol–water partition coefficient (Wildman–Crippen LogP) is 5.17. The number of aldehydes is 1. The van der Waals surface area contributed by atoms with Crippen molar-refractivity contribution in [3.05, 3.63) is 63.7 Å². The molecule has 0 aliphatic heterocycles. The summed E-state index contributed by atoms with van der Waals surface area (Å²) in [5.74, 6) is 0.461. The summed E-state index contributed by atoms with van der Waals surface area (Å²) in [5.41, 5.74) is 2.53. The number of hydrogen-bond donors (Lipinski definition) is 0. The van der Waals surface area contributed by atoms with E-state index in [1.165, 1.54) is 29.5 Å². The molecule has 0 fully saturated rings. The van der Waals surface area contributed by atoms with Gasteiger partial charge in [0.25, 0.3) is 5.69 Å². The van der Waals surface area contributed by atoms with E-state index in [-0.39, 0.29) is 5.69 Å². The van der Waals surface area contributed by atoms with E-state index in [4.69, 9.17) is 0 Å². The Hall–Kier alpha value is -2.60. The van der Waals surface area contributed by atoms with Crippen molar-refractivity contribution < 1.29 is 9.72 Å². The van der Waals surface area contributed by atoms with Crippen molar-refractivity contribution in [2.75, 3.05) is 0 Å². The van der Waals surface area contributed by atoms with Gasteiger partial charge in [0.2, 0.25) is 0 Å². The monoisotopic (exact) mass is 354 g/mol. The van der Waals surface area contributed by atoms with Gasteiger partial charge >= 0.3 is 0 Å². The standard InChI is InChI=1S/C19H18N2O3S/c1-12(2)13-4-7-15(8-5-13)25-19-17(11-22)16-10-14(21(23)24)6-9-18(16)20(19)3/h4-12H,1-3H3. The van der Waals surface area contributed by atoms with Crippen molar-refractivity contribution in [3.63, 3.8) is 0 Å². The van der Waals surface area contributed by atoms with Crippen molar-refractivity contribution in [1.82, 2.24) is 4.57 Å². The van der Waals surface area contributed by atoms with Crippen LogP contribution in [0.15, 0.2) is 52.4 Å². The van der Waals surface area contributed by atoms with Gasteiger partial charge < -0.3 is 4.57 Å². The number of aromatic nitrogens is 1. The van der Waals surface area contributed by atoms with E-state index in [0.717, 1.165) is 21.7 Å². The lowest BCUT2D eigenvalue weighted by Gasteiger charge is -2.08. The van der Waals surface area contributed by atoms with Gasteiger partial charge in [-0.15, -0.1) is 0 Å². The lowest BCUT2D eigenvalue weighted by Crippen LogP contribution is -1.92. The van der Waals surface area contributed by atoms with Crippen LogP contribution in [0, 0.1) is 10.1 Å². The number of non-ortho nitro benzene ring substituents is 1. The Morgan fingerprint density at radius 3 is 2.40 bits per heavy atom. The van der Waals surface area contributed by atoms with Crippen molar-refractivity contribution in [1.29, 1.82) is 0 Å². The molecule has 25 heavy (non-hydrogen) atoms. The molecule has 2 aromatic carbocycles. The third-order valence-corrected chi connectivity index (χ3v) is 5.45. The van der Waals surface area contributed by atoms with Crippen LogP contribution in [0.1, 0.15) is 35.7 Å². The van der Waals surface area contributed by atoms with Gasteiger partial charge in [0.15, 0.2) is 6.29 Å². The minimum Gasteiger partial charge on any atom is -0.338 e. The Bertz CT molecular complexity index is 959. The molecule has 128 valence electrons. The first-order chi connectivity index (χ1) is 11.9. The van der Waals surface area contributed by atoms with Crippen LogP contribution in [0.3, 0.4) is 0 Å². The summed E-state index contributed by atoms with van der Waals surface area (Å²) in [4.78, 5) is 23.3. The molecule has 0 spiro atoms. The zero-order valence-corrected chi connectivity index (χ0v) is 15.0. The number of fused-ring (bicyclic) bond motifs is 1. The van der Waals surface area contributed by atoms with Crippen LogP contribution in [-0.2, 0) is 7.05 Å². The summed E-state index contributed by atoms with van der Waals surface area (Å²) < 4.78 is 1.91. The van der Waals surface area contributed by atoms with Crippen LogP contribution in [0.2, 0.25) is 0 Å². The largest absolute Gasteiger partial charge is 0.338 e. The Morgan fingerprint density at radius 2 is 1.84 bits per heavy atom. The molecule has 0 amide bonds. The zero-order chi connectivity index (χ0) is 18.1. The van der Waals surface area contributed by atoms with Crippen LogP contribution >= 0.6 is 11.8 Å². The maximum atomic E-state index is 11.7. The van der Waals surface area contributed by atoms with Crippen molar-refractivity contribution >= 4 is 34.6 Å². The van der Waals surface area contributed by atoms with Gasteiger partial charge in [0.1, 0.15) is 0 Å². The summed E-state index contributed by atoms with van der Waals surface area (Å²) in [6, 6.07) is 12.9. The number of aryl methyl sites for hydroxylation is 1. The number of nitro groups is 1. The highest BCUT2D eigenvalue weighted by Crippen LogP contribution is 2.37. The topological polar surface area (TPSA) is 65.1 Å². The fourth-order valence-corrected chi connectivity index (χ4v) is 3.82. The maximum absolute atomic E-state index is 11.7. The maximum Gasteiger partial charge on any atom is 0.270 e. The van der Waals surface area contributed by atoms with Crippen molar-refractivity contribution in [3.8, 4) is 0 Å². The molecular formula is C19H18N2O3S. The van der Waals surface area contributed by atoms with Gasteiger partial charge in [0, 0.05) is 35.0 Å². The predicted molar refractivity (Wildman–Crippen MR) is 99.6 cm³/mol. The Morgan fingerprint density at radius 1 is 1.16 bits per heavy atom. The number of rotatable bonds is 5. The van der Waals surface area contributed by atoms with E-state index in [2.05, 4.69) is 26.0 Å². The quantitative estimate of drug-likeness (QED) is 0.360. The Labute approximate surface area is 149 Å². The first-order valence-electron chi connectivity index (χ1n) is 7.92. The molecule has 0 unspecified atom stereocenters. The molecule has 0 N–H and O–H groups in total. The summed E-state index contributed by atoms with van der Waals surface area (Å²) in [7, 11) is 1.87. The third kappa shape index (κ3) is 3.17. The molecule has 0 radical (unpaired) electrons. The van der Waals surface area contributed by atoms with Gasteiger partial charge in [-0.05, 0) is 29.7 Å². The highest BCUT2D eigenvalue weighted by atomic mass is 32.2. The van der Waals surface area contributed by atoms with Gasteiger partial charge in [-0.2, -0.15) is 0 Å². The second kappa shape index (κ2) is 6.72. The molecule has 0 aliphatic carbocycles. The summed E-state index contributed by atoms with van der Waals surface area (Å²) in [6.07, 6.45) is 0.775. The highest BCUT2D eigenvalue weighted by Gasteiger charge is 2.18. The number of benzene rings is 2. The number of nitro benzene ring substituents is 1. The Kier molecular flexibility index (Phi) is 4.63. The SMILES string of the molecule is CC(C)c1ccc(Sc2c(C=O)c3cc([N+](=O)[O-])ccc3n2C)cc1. The average molecular weight is 354 g/mol. The number of carbonyl (C=O) groups excluding carboxylic acids is 1. The number of hydrogen-bond acceptors (Lipinski definition) is 4. The molecule has 3 aromatic rings. The first kappa shape index (κ1) is 17.2. The number of nitrogens with zero attached hydrogens (tertiary/aromatic N) is 2. The molecule has 0 atom stereocenters. The van der Waals surface area contributed by atoms with Crippen LogP contribution in [0.5, 0.6) is 0 Å². The average Bonchev–Trinajstić information content (AvgIpc) is 2.86. The second-order valence-electron chi connectivity index (χ2n) is 6.18. The van der Waals surface area contributed by atoms with Crippen LogP contribution in [0.4, 0.5) is 5.69 Å². The van der Waals surface area contributed by atoms with Crippen LogP contribution in [0.25, 0.3) is 10.9 Å². The summed E-state index contributed by atoms with van der Waals surface area (Å²) in [6.45, 7) is 4.28.